The molecular weight excluding hydrogens is 478 g/mol. The fourth-order valence-corrected chi connectivity index (χ4v) is 6.27. The lowest BCUT2D eigenvalue weighted by Gasteiger charge is -2.45. The molecule has 0 saturated carbocycles. The summed E-state index contributed by atoms with van der Waals surface area (Å²) in [5.74, 6) is 0.867. The molecule has 31 heavy (non-hydrogen) atoms. The van der Waals surface area contributed by atoms with Gasteiger partial charge < -0.3 is 24.6 Å². The zero-order chi connectivity index (χ0) is 22.4. The standard InChI is InChI=1S/C21H32BrN5O3Si/c1-21(25-20(28)29)9-14-5-6-15(10-21)27(14)17-11-23-18-16(22)12-26(19(18)24-17)13-30-7-8-31(2,3)4/h11-12,14-15,25H,5-10,13H2,1-4H3,(H,28,29). The zero-order valence-electron chi connectivity index (χ0n) is 18.7. The summed E-state index contributed by atoms with van der Waals surface area (Å²) in [6.07, 6.45) is 6.54. The van der Waals surface area contributed by atoms with E-state index in [1.165, 1.54) is 0 Å². The van der Waals surface area contributed by atoms with Crippen LogP contribution < -0.4 is 10.2 Å². The molecule has 2 fully saturated rings. The Hall–Kier alpha value is -1.65. The number of amides is 1. The van der Waals surface area contributed by atoms with E-state index >= 15 is 0 Å². The van der Waals surface area contributed by atoms with Crippen molar-refractivity contribution >= 4 is 47.1 Å². The van der Waals surface area contributed by atoms with Crippen LogP contribution in [0.4, 0.5) is 10.6 Å². The average Bonchev–Trinajstić information content (AvgIpc) is 3.11. The van der Waals surface area contributed by atoms with Crippen LogP contribution in [-0.2, 0) is 11.5 Å². The second kappa shape index (κ2) is 8.36. The van der Waals surface area contributed by atoms with E-state index in [2.05, 4.69) is 45.8 Å². The third-order valence-corrected chi connectivity index (χ3v) is 8.69. The summed E-state index contributed by atoms with van der Waals surface area (Å²) in [6.45, 7) is 10.3. The van der Waals surface area contributed by atoms with Crippen LogP contribution in [0.25, 0.3) is 11.2 Å². The van der Waals surface area contributed by atoms with Crippen LogP contribution in [0, 0.1) is 0 Å². The summed E-state index contributed by atoms with van der Waals surface area (Å²) in [6, 6.07) is 1.66. The van der Waals surface area contributed by atoms with Crippen molar-refractivity contribution in [2.45, 2.75) is 82.6 Å². The summed E-state index contributed by atoms with van der Waals surface area (Å²) < 4.78 is 8.88. The number of fused-ring (bicyclic) bond motifs is 3. The smallest absolute Gasteiger partial charge is 0.405 e. The molecule has 0 radical (unpaired) electrons. The number of anilines is 1. The van der Waals surface area contributed by atoms with E-state index in [1.807, 2.05) is 23.9 Å². The van der Waals surface area contributed by atoms with E-state index in [9.17, 15) is 9.90 Å². The van der Waals surface area contributed by atoms with Gasteiger partial charge in [-0.2, -0.15) is 0 Å². The molecule has 2 saturated heterocycles. The molecular formula is C21H32BrN5O3Si. The lowest BCUT2D eigenvalue weighted by atomic mass is 9.84. The maximum absolute atomic E-state index is 11.2. The zero-order valence-corrected chi connectivity index (χ0v) is 21.3. The number of ether oxygens (including phenoxy) is 1. The van der Waals surface area contributed by atoms with Crippen molar-refractivity contribution < 1.29 is 14.6 Å². The molecule has 2 aromatic rings. The van der Waals surface area contributed by atoms with Gasteiger partial charge in [-0.1, -0.05) is 19.6 Å². The Morgan fingerprint density at radius 3 is 2.65 bits per heavy atom. The van der Waals surface area contributed by atoms with E-state index in [0.29, 0.717) is 6.73 Å². The van der Waals surface area contributed by atoms with E-state index in [-0.39, 0.29) is 17.6 Å². The first-order chi connectivity index (χ1) is 14.5. The maximum atomic E-state index is 11.2. The van der Waals surface area contributed by atoms with E-state index in [1.54, 1.807) is 0 Å². The molecule has 2 aliphatic heterocycles. The van der Waals surface area contributed by atoms with Crippen molar-refractivity contribution in [2.75, 3.05) is 11.5 Å². The van der Waals surface area contributed by atoms with Gasteiger partial charge in [0.15, 0.2) is 5.65 Å². The molecule has 2 bridgehead atoms. The Morgan fingerprint density at radius 1 is 1.35 bits per heavy atom. The first-order valence-corrected chi connectivity index (χ1v) is 15.4. The molecule has 8 nitrogen and oxygen atoms in total. The average molecular weight is 511 g/mol. The fourth-order valence-electron chi connectivity index (χ4n) is 4.98. The summed E-state index contributed by atoms with van der Waals surface area (Å²) in [7, 11) is -1.13. The first-order valence-electron chi connectivity index (χ1n) is 10.9. The number of nitrogens with zero attached hydrogens (tertiary/aromatic N) is 4. The highest BCUT2D eigenvalue weighted by Crippen LogP contribution is 2.43. The van der Waals surface area contributed by atoms with Crippen molar-refractivity contribution in [1.82, 2.24) is 19.9 Å². The lowest BCUT2D eigenvalue weighted by Crippen LogP contribution is -2.57. The first kappa shape index (κ1) is 22.5. The molecule has 170 valence electrons. The molecule has 0 aromatic carbocycles. The molecule has 4 heterocycles. The Morgan fingerprint density at radius 2 is 2.03 bits per heavy atom. The molecule has 4 rings (SSSR count). The van der Waals surface area contributed by atoms with Crippen LogP contribution in [0.5, 0.6) is 0 Å². The Kier molecular flexibility index (Phi) is 6.08. The topological polar surface area (TPSA) is 92.5 Å². The Bertz CT molecular complexity index is 962. The third-order valence-electron chi connectivity index (χ3n) is 6.40. The minimum Gasteiger partial charge on any atom is -0.465 e. The van der Waals surface area contributed by atoms with Crippen LogP contribution in [-0.4, -0.2) is 58.0 Å². The lowest BCUT2D eigenvalue weighted by molar-refractivity contribution is 0.0898. The predicted molar refractivity (Wildman–Crippen MR) is 127 cm³/mol. The molecule has 2 atom stereocenters. The highest BCUT2D eigenvalue weighted by Gasteiger charge is 2.47. The van der Waals surface area contributed by atoms with Crippen molar-refractivity contribution in [3.05, 3.63) is 16.9 Å². The van der Waals surface area contributed by atoms with Crippen molar-refractivity contribution in [3.63, 3.8) is 0 Å². The quantitative estimate of drug-likeness (QED) is 0.416. The molecule has 0 spiro atoms. The number of nitrogens with one attached hydrogen (secondary N) is 1. The van der Waals surface area contributed by atoms with E-state index in [4.69, 9.17) is 14.7 Å². The summed E-state index contributed by atoms with van der Waals surface area (Å²) in [5, 5.41) is 12.0. The Balaban J connectivity index is 1.54. The van der Waals surface area contributed by atoms with Crippen molar-refractivity contribution in [3.8, 4) is 0 Å². The SMILES string of the molecule is CC1(NC(=O)O)CC2CCC(C1)N2c1cnc2c(Br)cn(COCC[Si](C)(C)C)c2n1. The second-order valence-corrected chi connectivity index (χ2v) is 16.9. The van der Waals surface area contributed by atoms with Gasteiger partial charge >= 0.3 is 6.09 Å². The van der Waals surface area contributed by atoms with Gasteiger partial charge in [-0.05, 0) is 54.6 Å². The maximum Gasteiger partial charge on any atom is 0.405 e. The number of carbonyl (C=O) groups is 1. The van der Waals surface area contributed by atoms with Crippen molar-refractivity contribution in [1.29, 1.82) is 0 Å². The molecule has 2 N–H and O–H groups in total. The fraction of sp³-hybridized carbons (Fsp3) is 0.667. The molecule has 2 unspecified atom stereocenters. The van der Waals surface area contributed by atoms with Crippen LogP contribution in [0.1, 0.15) is 32.6 Å². The molecule has 10 heteroatoms. The van der Waals surface area contributed by atoms with Crippen LogP contribution in [0.15, 0.2) is 16.9 Å². The summed E-state index contributed by atoms with van der Waals surface area (Å²) in [5.41, 5.74) is 1.26. The van der Waals surface area contributed by atoms with Crippen molar-refractivity contribution in [2.24, 2.45) is 0 Å². The van der Waals surface area contributed by atoms with Gasteiger partial charge in [-0.25, -0.2) is 14.8 Å². The Labute approximate surface area is 192 Å². The van der Waals surface area contributed by atoms with Crippen LogP contribution >= 0.6 is 15.9 Å². The number of aromatic nitrogens is 3. The van der Waals surface area contributed by atoms with Crippen LogP contribution in [0.3, 0.4) is 0 Å². The van der Waals surface area contributed by atoms with Gasteiger partial charge in [-0.15, -0.1) is 0 Å². The number of hydrogen-bond acceptors (Lipinski definition) is 5. The highest BCUT2D eigenvalue weighted by molar-refractivity contribution is 9.10. The third kappa shape index (κ3) is 4.90. The van der Waals surface area contributed by atoms with E-state index < -0.39 is 14.2 Å². The van der Waals surface area contributed by atoms with E-state index in [0.717, 1.165) is 59.8 Å². The van der Waals surface area contributed by atoms with Gasteiger partial charge in [0.25, 0.3) is 0 Å². The molecule has 2 aliphatic rings. The largest absolute Gasteiger partial charge is 0.465 e. The number of piperidine rings is 1. The molecule has 1 amide bonds. The second-order valence-electron chi connectivity index (χ2n) is 10.4. The summed E-state index contributed by atoms with van der Waals surface area (Å²) in [4.78, 5) is 23.3. The number of halogens is 1. The van der Waals surface area contributed by atoms with Gasteiger partial charge in [-0.3, -0.25) is 0 Å². The van der Waals surface area contributed by atoms with Crippen LogP contribution in [0.2, 0.25) is 25.7 Å². The minimum absolute atomic E-state index is 0.266. The monoisotopic (exact) mass is 509 g/mol. The highest BCUT2D eigenvalue weighted by atomic mass is 79.9. The number of rotatable bonds is 7. The number of hydrogen-bond donors (Lipinski definition) is 2. The number of carboxylic acid groups (broad SMARTS) is 1. The van der Waals surface area contributed by atoms with Gasteiger partial charge in [0.2, 0.25) is 0 Å². The van der Waals surface area contributed by atoms with Gasteiger partial charge in [0.05, 0.1) is 10.7 Å². The summed E-state index contributed by atoms with van der Waals surface area (Å²) >= 11 is 3.60. The predicted octanol–water partition coefficient (Wildman–Crippen LogP) is 4.66. The van der Waals surface area contributed by atoms with Gasteiger partial charge in [0.1, 0.15) is 18.1 Å². The minimum atomic E-state index is -1.13. The molecule has 2 aromatic heterocycles. The van der Waals surface area contributed by atoms with Gasteiger partial charge in [0, 0.05) is 38.5 Å². The normalized spacial score (nSPS) is 25.9. The molecule has 0 aliphatic carbocycles.